The summed E-state index contributed by atoms with van der Waals surface area (Å²) in [5, 5.41) is 11.8. The lowest BCUT2D eigenvalue weighted by molar-refractivity contribution is 0.539. The van der Waals surface area contributed by atoms with Crippen molar-refractivity contribution < 1.29 is 0 Å². The van der Waals surface area contributed by atoms with Gasteiger partial charge >= 0.3 is 0 Å². The first-order valence-electron chi connectivity index (χ1n) is 5.85. The molecule has 0 amide bonds. The monoisotopic (exact) mass is 234 g/mol. The molecule has 0 saturated carbocycles. The van der Waals surface area contributed by atoms with E-state index in [9.17, 15) is 0 Å². The SMILES string of the molecule is CCCn1ncnc1CNCc1ccn(C)n1. The van der Waals surface area contributed by atoms with Crippen molar-refractivity contribution in [3.05, 3.63) is 30.1 Å². The summed E-state index contributed by atoms with van der Waals surface area (Å²) in [6.07, 6.45) is 4.61. The van der Waals surface area contributed by atoms with E-state index in [0.29, 0.717) is 0 Å². The van der Waals surface area contributed by atoms with E-state index in [0.717, 1.165) is 37.6 Å². The summed E-state index contributed by atoms with van der Waals surface area (Å²) in [5.74, 6) is 0.975. The van der Waals surface area contributed by atoms with Crippen LogP contribution in [0.5, 0.6) is 0 Å². The van der Waals surface area contributed by atoms with E-state index in [-0.39, 0.29) is 0 Å². The number of hydrogen-bond donors (Lipinski definition) is 1. The van der Waals surface area contributed by atoms with Gasteiger partial charge in [-0.2, -0.15) is 10.2 Å². The molecule has 0 aromatic carbocycles. The summed E-state index contributed by atoms with van der Waals surface area (Å²) in [6.45, 7) is 4.52. The van der Waals surface area contributed by atoms with Gasteiger partial charge in [0.25, 0.3) is 0 Å². The molecule has 0 fully saturated rings. The second-order valence-electron chi connectivity index (χ2n) is 3.98. The van der Waals surface area contributed by atoms with Crippen LogP contribution < -0.4 is 5.32 Å². The lowest BCUT2D eigenvalue weighted by Crippen LogP contribution is -2.17. The number of rotatable bonds is 6. The molecule has 17 heavy (non-hydrogen) atoms. The van der Waals surface area contributed by atoms with Gasteiger partial charge in [-0.15, -0.1) is 0 Å². The van der Waals surface area contributed by atoms with Crippen LogP contribution in [-0.4, -0.2) is 24.5 Å². The summed E-state index contributed by atoms with van der Waals surface area (Å²) >= 11 is 0. The molecule has 0 unspecified atom stereocenters. The maximum atomic E-state index is 4.30. The van der Waals surface area contributed by atoms with E-state index in [1.807, 2.05) is 24.0 Å². The molecule has 0 radical (unpaired) electrons. The van der Waals surface area contributed by atoms with E-state index in [1.54, 1.807) is 11.0 Å². The summed E-state index contributed by atoms with van der Waals surface area (Å²) < 4.78 is 3.74. The molecule has 0 aliphatic carbocycles. The zero-order chi connectivity index (χ0) is 12.1. The quantitative estimate of drug-likeness (QED) is 0.799. The van der Waals surface area contributed by atoms with Gasteiger partial charge in [0.05, 0.1) is 12.2 Å². The van der Waals surface area contributed by atoms with Gasteiger partial charge in [-0.3, -0.25) is 4.68 Å². The third kappa shape index (κ3) is 3.13. The molecular formula is C11H18N6. The minimum absolute atomic E-state index is 0.719. The van der Waals surface area contributed by atoms with Gasteiger partial charge in [-0.05, 0) is 12.5 Å². The van der Waals surface area contributed by atoms with Crippen molar-refractivity contribution >= 4 is 0 Å². The van der Waals surface area contributed by atoms with E-state index < -0.39 is 0 Å². The van der Waals surface area contributed by atoms with Gasteiger partial charge in [0.15, 0.2) is 0 Å². The number of aromatic nitrogens is 5. The summed E-state index contributed by atoms with van der Waals surface area (Å²) in [7, 11) is 1.92. The summed E-state index contributed by atoms with van der Waals surface area (Å²) in [6, 6.07) is 2.00. The average Bonchev–Trinajstić information content (AvgIpc) is 2.90. The Hall–Kier alpha value is -1.69. The van der Waals surface area contributed by atoms with Crippen LogP contribution in [-0.2, 0) is 26.7 Å². The topological polar surface area (TPSA) is 60.6 Å². The highest BCUT2D eigenvalue weighted by molar-refractivity contribution is 4.98. The van der Waals surface area contributed by atoms with Crippen LogP contribution in [0.4, 0.5) is 0 Å². The third-order valence-corrected chi connectivity index (χ3v) is 2.49. The van der Waals surface area contributed by atoms with E-state index in [1.165, 1.54) is 0 Å². The van der Waals surface area contributed by atoms with Crippen LogP contribution in [0, 0.1) is 0 Å². The average molecular weight is 234 g/mol. The lowest BCUT2D eigenvalue weighted by atomic mass is 10.4. The van der Waals surface area contributed by atoms with Crippen LogP contribution in [0.2, 0.25) is 0 Å². The van der Waals surface area contributed by atoms with E-state index in [2.05, 4.69) is 27.4 Å². The first-order valence-corrected chi connectivity index (χ1v) is 5.85. The van der Waals surface area contributed by atoms with Crippen molar-refractivity contribution in [1.29, 1.82) is 0 Å². The van der Waals surface area contributed by atoms with E-state index >= 15 is 0 Å². The highest BCUT2D eigenvalue weighted by Crippen LogP contribution is 1.97. The molecule has 0 atom stereocenters. The number of nitrogens with zero attached hydrogens (tertiary/aromatic N) is 5. The maximum Gasteiger partial charge on any atom is 0.140 e. The summed E-state index contributed by atoms with van der Waals surface area (Å²) in [5.41, 5.74) is 1.04. The molecule has 2 heterocycles. The second-order valence-corrected chi connectivity index (χ2v) is 3.98. The van der Waals surface area contributed by atoms with Crippen molar-refractivity contribution in [2.45, 2.75) is 33.0 Å². The van der Waals surface area contributed by atoms with Crippen molar-refractivity contribution in [2.75, 3.05) is 0 Å². The normalized spacial score (nSPS) is 10.9. The van der Waals surface area contributed by atoms with Crippen LogP contribution in [0.15, 0.2) is 18.6 Å². The predicted molar refractivity (Wildman–Crippen MR) is 64.1 cm³/mol. The maximum absolute atomic E-state index is 4.30. The van der Waals surface area contributed by atoms with E-state index in [4.69, 9.17) is 0 Å². The van der Waals surface area contributed by atoms with Crippen LogP contribution in [0.1, 0.15) is 24.9 Å². The molecule has 0 saturated heterocycles. The first-order chi connectivity index (χ1) is 8.29. The minimum Gasteiger partial charge on any atom is -0.304 e. The number of nitrogens with one attached hydrogen (secondary N) is 1. The van der Waals surface area contributed by atoms with Crippen LogP contribution >= 0.6 is 0 Å². The Morgan fingerprint density at radius 1 is 1.35 bits per heavy atom. The molecule has 0 aliphatic heterocycles. The molecule has 2 rings (SSSR count). The molecule has 2 aromatic heterocycles. The Balaban J connectivity index is 1.83. The fourth-order valence-corrected chi connectivity index (χ4v) is 1.68. The van der Waals surface area contributed by atoms with Crippen molar-refractivity contribution in [2.24, 2.45) is 7.05 Å². The smallest absolute Gasteiger partial charge is 0.140 e. The highest BCUT2D eigenvalue weighted by Gasteiger charge is 2.03. The predicted octanol–water partition coefficient (Wildman–Crippen LogP) is 0.711. The molecule has 0 bridgehead atoms. The van der Waals surface area contributed by atoms with Crippen molar-refractivity contribution in [1.82, 2.24) is 29.9 Å². The van der Waals surface area contributed by atoms with Gasteiger partial charge in [0.1, 0.15) is 12.2 Å². The third-order valence-electron chi connectivity index (χ3n) is 2.49. The fraction of sp³-hybridized carbons (Fsp3) is 0.545. The largest absolute Gasteiger partial charge is 0.304 e. The zero-order valence-electron chi connectivity index (χ0n) is 10.3. The molecule has 6 heteroatoms. The molecule has 92 valence electrons. The van der Waals surface area contributed by atoms with Crippen molar-refractivity contribution in [3.63, 3.8) is 0 Å². The summed E-state index contributed by atoms with van der Waals surface area (Å²) in [4.78, 5) is 4.23. The molecule has 0 aliphatic rings. The highest BCUT2D eigenvalue weighted by atomic mass is 15.3. The molecule has 6 nitrogen and oxygen atoms in total. The number of aryl methyl sites for hydroxylation is 2. The standard InChI is InChI=1S/C11H18N6/c1-3-5-17-11(13-9-14-17)8-12-7-10-4-6-16(2)15-10/h4,6,9,12H,3,5,7-8H2,1-2H3. The van der Waals surface area contributed by atoms with Gasteiger partial charge in [0, 0.05) is 26.3 Å². The zero-order valence-corrected chi connectivity index (χ0v) is 10.3. The Bertz CT molecular complexity index is 458. The van der Waals surface area contributed by atoms with Gasteiger partial charge < -0.3 is 5.32 Å². The Morgan fingerprint density at radius 2 is 2.24 bits per heavy atom. The minimum atomic E-state index is 0.719. The first kappa shape index (κ1) is 11.8. The van der Waals surface area contributed by atoms with Crippen LogP contribution in [0.25, 0.3) is 0 Å². The van der Waals surface area contributed by atoms with Crippen LogP contribution in [0.3, 0.4) is 0 Å². The molecule has 1 N–H and O–H groups in total. The lowest BCUT2D eigenvalue weighted by Gasteiger charge is -2.04. The van der Waals surface area contributed by atoms with Crippen molar-refractivity contribution in [3.8, 4) is 0 Å². The van der Waals surface area contributed by atoms with Gasteiger partial charge in [-0.1, -0.05) is 6.92 Å². The van der Waals surface area contributed by atoms with Gasteiger partial charge in [0.2, 0.25) is 0 Å². The Labute approximate surface area is 101 Å². The Kier molecular flexibility index (Phi) is 3.87. The molecule has 2 aromatic rings. The molecule has 0 spiro atoms. The number of hydrogen-bond acceptors (Lipinski definition) is 4. The second kappa shape index (κ2) is 5.58. The molecular weight excluding hydrogens is 216 g/mol. The van der Waals surface area contributed by atoms with Gasteiger partial charge in [-0.25, -0.2) is 9.67 Å². The Morgan fingerprint density at radius 3 is 2.94 bits per heavy atom. The fourth-order valence-electron chi connectivity index (χ4n) is 1.68.